The molecule has 3 aromatic carbocycles. The van der Waals surface area contributed by atoms with Crippen LogP contribution in [-0.4, -0.2) is 92.1 Å². The number of imidazole rings is 2. The molecule has 2 aromatic heterocycles. The summed E-state index contributed by atoms with van der Waals surface area (Å²) in [6, 6.07) is 18.7. The standard InChI is InChI=1S/C48H54Cl2N8O6/c1-21(2)35(53-47(61)63-7)45(59)57-33(19-31-23(5)39(31)57)43-51-37(41(49)55-43)26-11-9-25(10-12-26)27-13-14-29-18-30(16-15-28(29)17-27)38-42(50)56-44(52-38)34-20-32-24(6)40(32)58(34)46(60)36(22(3)4)54-48(62)64-8/h9-18,21-24,31-36,39-40H,19-20H2,1-8H3,(H,51,55)(H,52,56)(H,53,61)(H,54,62)/t23-,24-,31+,32+,33+,34+,35+,36+,39-,40-/m1/s1. The molecule has 64 heavy (non-hydrogen) atoms. The highest BCUT2D eigenvalue weighted by Crippen LogP contribution is 2.59. The summed E-state index contributed by atoms with van der Waals surface area (Å²) in [6.07, 6.45) is 0.255. The Kier molecular flexibility index (Phi) is 11.4. The zero-order chi connectivity index (χ0) is 45.5. The third kappa shape index (κ3) is 7.65. The number of hydrogen-bond acceptors (Lipinski definition) is 8. The molecule has 9 rings (SSSR count). The van der Waals surface area contributed by atoms with Crippen LogP contribution in [0.1, 0.15) is 78.1 Å². The fourth-order valence-corrected chi connectivity index (χ4v) is 11.0. The second-order valence-electron chi connectivity index (χ2n) is 18.7. The molecule has 2 saturated carbocycles. The van der Waals surface area contributed by atoms with Gasteiger partial charge in [-0.15, -0.1) is 0 Å². The van der Waals surface area contributed by atoms with E-state index in [9.17, 15) is 19.2 Å². The fraction of sp³-hybridized carbons (Fsp3) is 0.458. The molecule has 0 radical (unpaired) electrons. The first-order valence-corrected chi connectivity index (χ1v) is 22.8. The summed E-state index contributed by atoms with van der Waals surface area (Å²) in [7, 11) is 2.58. The molecule has 5 aromatic rings. The quantitative estimate of drug-likeness (QED) is 0.102. The Bertz CT molecular complexity index is 2650. The molecule has 14 nitrogen and oxygen atoms in total. The van der Waals surface area contributed by atoms with Gasteiger partial charge in [-0.05, 0) is 82.4 Å². The number of carbonyl (C=O) groups excluding carboxylic acids is 4. The van der Waals surface area contributed by atoms with Gasteiger partial charge in [-0.25, -0.2) is 19.6 Å². The highest BCUT2D eigenvalue weighted by Gasteiger charge is 2.63. The van der Waals surface area contributed by atoms with Gasteiger partial charge in [-0.2, -0.15) is 0 Å². The van der Waals surface area contributed by atoms with Crippen LogP contribution in [0.4, 0.5) is 9.59 Å². The monoisotopic (exact) mass is 908 g/mol. The van der Waals surface area contributed by atoms with E-state index in [1.807, 2.05) is 55.7 Å². The van der Waals surface area contributed by atoms with Gasteiger partial charge in [-0.1, -0.05) is 113 Å². The Morgan fingerprint density at radius 3 is 1.45 bits per heavy atom. The summed E-state index contributed by atoms with van der Waals surface area (Å²) in [6.45, 7) is 11.9. The molecule has 4 heterocycles. The predicted octanol–water partition coefficient (Wildman–Crippen LogP) is 9.17. The number of benzene rings is 3. The van der Waals surface area contributed by atoms with Gasteiger partial charge in [0.05, 0.1) is 37.7 Å². The van der Waals surface area contributed by atoms with E-state index >= 15 is 0 Å². The SMILES string of the molecule is COC(=O)N[C@H](C(=O)N1[C@@H]2[C@H](C)[C@@H]2C[C@H]1c1nc(Cl)c(-c2ccc(-c3ccc4cc(-c5[nH]c([C@@H]6C[C@H]7[C@@H](C)[C@H]7N6C(=O)[C@@H](NC(=O)OC)C(C)C)nc5Cl)ccc4c3)cc2)[nH]1)C(C)C. The van der Waals surface area contributed by atoms with Crippen molar-refractivity contribution < 1.29 is 28.7 Å². The lowest BCUT2D eigenvalue weighted by Crippen LogP contribution is -2.52. The number of alkyl carbamates (subject to hydrolysis) is 2. The number of amides is 4. The van der Waals surface area contributed by atoms with E-state index in [-0.39, 0.29) is 47.8 Å². The number of likely N-dealkylation sites (tertiary alicyclic amines) is 2. The van der Waals surface area contributed by atoms with Gasteiger partial charge >= 0.3 is 12.2 Å². The zero-order valence-electron chi connectivity index (χ0n) is 37.1. The van der Waals surface area contributed by atoms with Crippen LogP contribution in [0, 0.1) is 35.5 Å². The van der Waals surface area contributed by atoms with E-state index in [0.29, 0.717) is 57.0 Å². The van der Waals surface area contributed by atoms with Crippen molar-refractivity contribution in [3.8, 4) is 33.6 Å². The lowest BCUT2D eigenvalue weighted by atomic mass is 9.98. The molecule has 16 heteroatoms. The van der Waals surface area contributed by atoms with Crippen molar-refractivity contribution in [1.82, 2.24) is 40.4 Å². The Balaban J connectivity index is 0.914. The fourth-order valence-electron chi connectivity index (χ4n) is 10.5. The Hall–Kier alpha value is -5.60. The maximum absolute atomic E-state index is 14.0. The summed E-state index contributed by atoms with van der Waals surface area (Å²) in [4.78, 5) is 72.6. The summed E-state index contributed by atoms with van der Waals surface area (Å²) in [5, 5.41) is 8.21. The summed E-state index contributed by atoms with van der Waals surface area (Å²) >= 11 is 13.6. The summed E-state index contributed by atoms with van der Waals surface area (Å²) in [5.41, 5.74) is 5.17. The van der Waals surface area contributed by atoms with Crippen LogP contribution in [0.25, 0.3) is 44.4 Å². The minimum Gasteiger partial charge on any atom is -0.453 e. The number of ether oxygens (including phenoxy) is 2. The number of methoxy groups -OCH3 is 2. The van der Waals surface area contributed by atoms with Gasteiger partial charge in [0.15, 0.2) is 10.3 Å². The molecule has 10 atom stereocenters. The Morgan fingerprint density at radius 1 is 0.625 bits per heavy atom. The van der Waals surface area contributed by atoms with Gasteiger partial charge in [0.2, 0.25) is 11.8 Å². The second kappa shape index (κ2) is 16.8. The van der Waals surface area contributed by atoms with Crippen molar-refractivity contribution >= 4 is 58.0 Å². The lowest BCUT2D eigenvalue weighted by Gasteiger charge is -2.32. The van der Waals surface area contributed by atoms with E-state index < -0.39 is 24.3 Å². The maximum Gasteiger partial charge on any atom is 0.407 e. The van der Waals surface area contributed by atoms with Gasteiger partial charge in [-0.3, -0.25) is 9.59 Å². The molecule has 2 saturated heterocycles. The average Bonchev–Trinajstić information content (AvgIpc) is 3.70. The number of nitrogens with zero attached hydrogens (tertiary/aromatic N) is 4. The van der Waals surface area contributed by atoms with Gasteiger partial charge in [0.1, 0.15) is 23.7 Å². The van der Waals surface area contributed by atoms with Crippen molar-refractivity contribution in [2.45, 2.75) is 90.6 Å². The molecule has 0 spiro atoms. The van der Waals surface area contributed by atoms with Crippen molar-refractivity contribution in [2.24, 2.45) is 35.5 Å². The van der Waals surface area contributed by atoms with E-state index in [1.165, 1.54) is 14.2 Å². The third-order valence-electron chi connectivity index (χ3n) is 14.2. The van der Waals surface area contributed by atoms with Crippen molar-refractivity contribution in [2.75, 3.05) is 14.2 Å². The number of nitrogens with one attached hydrogen (secondary N) is 4. The van der Waals surface area contributed by atoms with E-state index in [4.69, 9.17) is 42.6 Å². The topological polar surface area (TPSA) is 175 Å². The minimum atomic E-state index is -0.733. The number of rotatable bonds is 11. The molecule has 2 aliphatic heterocycles. The molecule has 0 unspecified atom stereocenters. The molecule has 4 N–H and O–H groups in total. The normalized spacial score (nSPS) is 25.2. The Morgan fingerprint density at radius 2 is 1.02 bits per heavy atom. The highest BCUT2D eigenvalue weighted by atomic mass is 35.5. The predicted molar refractivity (Wildman–Crippen MR) is 244 cm³/mol. The van der Waals surface area contributed by atoms with Crippen LogP contribution in [0.3, 0.4) is 0 Å². The molecule has 4 fully saturated rings. The molecule has 0 bridgehead atoms. The molecular formula is C48H54Cl2N8O6. The number of carbonyl (C=O) groups is 4. The largest absolute Gasteiger partial charge is 0.453 e. The first-order valence-electron chi connectivity index (χ1n) is 22.1. The van der Waals surface area contributed by atoms with Crippen LogP contribution < -0.4 is 10.6 Å². The van der Waals surface area contributed by atoms with Crippen LogP contribution >= 0.6 is 23.2 Å². The average molecular weight is 910 g/mol. The molecular weight excluding hydrogens is 855 g/mol. The first-order chi connectivity index (χ1) is 30.6. The van der Waals surface area contributed by atoms with E-state index in [0.717, 1.165) is 45.9 Å². The number of H-pyrrole nitrogens is 2. The first kappa shape index (κ1) is 43.6. The van der Waals surface area contributed by atoms with Crippen molar-refractivity contribution in [3.63, 3.8) is 0 Å². The van der Waals surface area contributed by atoms with Crippen LogP contribution in [-0.2, 0) is 19.1 Å². The summed E-state index contributed by atoms with van der Waals surface area (Å²) in [5.74, 6) is 2.14. The number of halogens is 2. The highest BCUT2D eigenvalue weighted by molar-refractivity contribution is 6.32. The van der Waals surface area contributed by atoms with Crippen LogP contribution in [0.15, 0.2) is 60.7 Å². The van der Waals surface area contributed by atoms with E-state index in [1.54, 1.807) is 0 Å². The van der Waals surface area contributed by atoms with Gasteiger partial charge in [0.25, 0.3) is 0 Å². The number of piperidine rings is 2. The number of aromatic amines is 2. The zero-order valence-corrected chi connectivity index (χ0v) is 38.6. The minimum absolute atomic E-state index is 0.0803. The Labute approximate surface area is 382 Å². The van der Waals surface area contributed by atoms with Crippen LogP contribution in [0.5, 0.6) is 0 Å². The number of aromatic nitrogens is 4. The smallest absolute Gasteiger partial charge is 0.407 e. The molecule has 336 valence electrons. The number of hydrogen-bond donors (Lipinski definition) is 4. The molecule has 4 amide bonds. The molecule has 2 aliphatic carbocycles. The summed E-state index contributed by atoms with van der Waals surface area (Å²) < 4.78 is 9.65. The van der Waals surface area contributed by atoms with E-state index in [2.05, 4.69) is 76.9 Å². The van der Waals surface area contributed by atoms with Gasteiger partial charge in [0, 0.05) is 23.2 Å². The maximum atomic E-state index is 14.0. The number of fused-ring (bicyclic) bond motifs is 3. The van der Waals surface area contributed by atoms with Crippen molar-refractivity contribution in [3.05, 3.63) is 82.6 Å². The lowest BCUT2D eigenvalue weighted by molar-refractivity contribution is -0.137. The van der Waals surface area contributed by atoms with Crippen molar-refractivity contribution in [1.29, 1.82) is 0 Å². The molecule has 4 aliphatic rings. The van der Waals surface area contributed by atoms with Crippen LogP contribution in [0.2, 0.25) is 10.3 Å². The van der Waals surface area contributed by atoms with Gasteiger partial charge < -0.3 is 39.9 Å². The second-order valence-corrected chi connectivity index (χ2v) is 19.4. The third-order valence-corrected chi connectivity index (χ3v) is 14.8.